The third kappa shape index (κ3) is 4.33. The fourth-order valence-electron chi connectivity index (χ4n) is 3.51. The molecule has 1 aromatic heterocycles. The molecule has 9 heteroatoms. The molecule has 1 saturated heterocycles. The SMILES string of the molecule is CN(Cc1nc2ccccc2s1)C(=O)Nc1ccccc1S(=O)(=O)N1CCCCC1. The van der Waals surface area contributed by atoms with E-state index < -0.39 is 10.0 Å². The van der Waals surface area contributed by atoms with Crippen LogP contribution < -0.4 is 5.32 Å². The average Bonchev–Trinajstić information content (AvgIpc) is 3.17. The highest BCUT2D eigenvalue weighted by atomic mass is 32.2. The molecule has 30 heavy (non-hydrogen) atoms. The molecule has 1 aliphatic heterocycles. The Morgan fingerprint density at radius 2 is 1.80 bits per heavy atom. The first-order valence-electron chi connectivity index (χ1n) is 9.91. The van der Waals surface area contributed by atoms with Crippen molar-refractivity contribution >= 4 is 43.3 Å². The van der Waals surface area contributed by atoms with Crippen LogP contribution in [0, 0.1) is 0 Å². The Labute approximate surface area is 180 Å². The van der Waals surface area contributed by atoms with E-state index in [1.54, 1.807) is 42.6 Å². The Balaban J connectivity index is 1.50. The summed E-state index contributed by atoms with van der Waals surface area (Å²) in [7, 11) is -1.98. The highest BCUT2D eigenvalue weighted by Crippen LogP contribution is 2.27. The topological polar surface area (TPSA) is 82.6 Å². The van der Waals surface area contributed by atoms with Crippen LogP contribution in [0.15, 0.2) is 53.4 Å². The van der Waals surface area contributed by atoms with E-state index in [2.05, 4.69) is 10.3 Å². The molecule has 0 aliphatic carbocycles. The van der Waals surface area contributed by atoms with E-state index in [0.29, 0.717) is 25.3 Å². The van der Waals surface area contributed by atoms with Gasteiger partial charge in [0, 0.05) is 20.1 Å². The number of urea groups is 1. The van der Waals surface area contributed by atoms with Gasteiger partial charge in [0.1, 0.15) is 9.90 Å². The van der Waals surface area contributed by atoms with Gasteiger partial charge in [-0.15, -0.1) is 11.3 Å². The highest BCUT2D eigenvalue weighted by molar-refractivity contribution is 7.89. The van der Waals surface area contributed by atoms with Gasteiger partial charge >= 0.3 is 6.03 Å². The molecule has 0 saturated carbocycles. The maximum atomic E-state index is 13.1. The molecule has 0 atom stereocenters. The zero-order valence-electron chi connectivity index (χ0n) is 16.7. The van der Waals surface area contributed by atoms with E-state index in [1.807, 2.05) is 24.3 Å². The van der Waals surface area contributed by atoms with Crippen molar-refractivity contribution in [2.24, 2.45) is 0 Å². The lowest BCUT2D eigenvalue weighted by Crippen LogP contribution is -2.36. The summed E-state index contributed by atoms with van der Waals surface area (Å²) in [5, 5.41) is 3.59. The zero-order chi connectivity index (χ0) is 21.1. The summed E-state index contributed by atoms with van der Waals surface area (Å²) in [5.41, 5.74) is 1.20. The van der Waals surface area contributed by atoms with Crippen LogP contribution in [0.3, 0.4) is 0 Å². The second-order valence-electron chi connectivity index (χ2n) is 7.32. The lowest BCUT2D eigenvalue weighted by Gasteiger charge is -2.27. The second kappa shape index (κ2) is 8.71. The number of hydrogen-bond acceptors (Lipinski definition) is 5. The number of nitrogens with zero attached hydrogens (tertiary/aromatic N) is 3. The van der Waals surface area contributed by atoms with Crippen molar-refractivity contribution in [1.82, 2.24) is 14.2 Å². The number of sulfonamides is 1. The van der Waals surface area contributed by atoms with Crippen LogP contribution in [-0.2, 0) is 16.6 Å². The fraction of sp³-hybridized carbons (Fsp3) is 0.333. The van der Waals surface area contributed by atoms with E-state index in [9.17, 15) is 13.2 Å². The van der Waals surface area contributed by atoms with Crippen molar-refractivity contribution in [2.45, 2.75) is 30.7 Å². The molecule has 4 rings (SSSR count). The van der Waals surface area contributed by atoms with Crippen molar-refractivity contribution in [2.75, 3.05) is 25.5 Å². The predicted molar refractivity (Wildman–Crippen MR) is 119 cm³/mol. The molecule has 0 unspecified atom stereocenters. The van der Waals surface area contributed by atoms with Crippen molar-refractivity contribution in [1.29, 1.82) is 0 Å². The Kier molecular flexibility index (Phi) is 6.03. The Morgan fingerprint density at radius 1 is 1.10 bits per heavy atom. The molecule has 1 aliphatic rings. The van der Waals surface area contributed by atoms with Crippen LogP contribution in [0.2, 0.25) is 0 Å². The molecule has 2 aromatic carbocycles. The van der Waals surface area contributed by atoms with E-state index in [-0.39, 0.29) is 10.9 Å². The van der Waals surface area contributed by atoms with Crippen molar-refractivity contribution in [3.63, 3.8) is 0 Å². The maximum absolute atomic E-state index is 13.1. The van der Waals surface area contributed by atoms with Crippen LogP contribution in [0.5, 0.6) is 0 Å². The minimum atomic E-state index is -3.65. The minimum Gasteiger partial charge on any atom is -0.321 e. The van der Waals surface area contributed by atoms with Crippen LogP contribution in [-0.4, -0.2) is 48.8 Å². The van der Waals surface area contributed by atoms with Gasteiger partial charge in [-0.25, -0.2) is 18.2 Å². The number of carbonyl (C=O) groups excluding carboxylic acids is 1. The summed E-state index contributed by atoms with van der Waals surface area (Å²) in [6.45, 7) is 1.37. The molecule has 1 N–H and O–H groups in total. The third-order valence-electron chi connectivity index (χ3n) is 5.12. The first-order chi connectivity index (χ1) is 14.4. The fourth-order valence-corrected chi connectivity index (χ4v) is 6.20. The third-order valence-corrected chi connectivity index (χ3v) is 8.10. The van der Waals surface area contributed by atoms with Crippen molar-refractivity contribution in [3.05, 3.63) is 53.5 Å². The zero-order valence-corrected chi connectivity index (χ0v) is 18.4. The Hall–Kier alpha value is -2.49. The number of anilines is 1. The smallest absolute Gasteiger partial charge is 0.321 e. The monoisotopic (exact) mass is 444 g/mol. The minimum absolute atomic E-state index is 0.133. The molecule has 2 heterocycles. The lowest BCUT2D eigenvalue weighted by atomic mass is 10.2. The van der Waals surface area contributed by atoms with Gasteiger partial charge in [0.25, 0.3) is 0 Å². The number of nitrogens with one attached hydrogen (secondary N) is 1. The normalized spacial score (nSPS) is 15.2. The number of aromatic nitrogens is 1. The van der Waals surface area contributed by atoms with Crippen molar-refractivity contribution in [3.8, 4) is 0 Å². The standard InChI is InChI=1S/C21H24N4O3S2/c1-24(15-20-22-16-9-3-5-11-18(16)29-20)21(26)23-17-10-4-6-12-19(17)30(27,28)25-13-7-2-8-14-25/h3-6,9-12H,2,7-8,13-15H2,1H3,(H,23,26). The summed E-state index contributed by atoms with van der Waals surface area (Å²) in [6, 6.07) is 14.0. The van der Waals surface area contributed by atoms with E-state index >= 15 is 0 Å². The average molecular weight is 445 g/mol. The van der Waals surface area contributed by atoms with E-state index in [4.69, 9.17) is 0 Å². The summed E-state index contributed by atoms with van der Waals surface area (Å²) >= 11 is 1.54. The Bertz CT molecular complexity index is 1120. The summed E-state index contributed by atoms with van der Waals surface area (Å²) < 4.78 is 28.8. The molecular weight excluding hydrogens is 420 g/mol. The molecule has 2 amide bonds. The summed E-state index contributed by atoms with van der Waals surface area (Å²) in [4.78, 5) is 19.0. The summed E-state index contributed by atoms with van der Waals surface area (Å²) in [6.07, 6.45) is 2.76. The molecule has 0 bridgehead atoms. The summed E-state index contributed by atoms with van der Waals surface area (Å²) in [5.74, 6) is 0. The van der Waals surface area contributed by atoms with Crippen LogP contribution in [0.25, 0.3) is 10.2 Å². The van der Waals surface area contributed by atoms with Gasteiger partial charge < -0.3 is 10.2 Å². The van der Waals surface area contributed by atoms with Crippen LogP contribution in [0.1, 0.15) is 24.3 Å². The second-order valence-corrected chi connectivity index (χ2v) is 10.3. The molecule has 7 nitrogen and oxygen atoms in total. The number of piperidine rings is 1. The van der Waals surface area contributed by atoms with Crippen molar-refractivity contribution < 1.29 is 13.2 Å². The molecule has 0 spiro atoms. The van der Waals surface area contributed by atoms with Gasteiger partial charge in [-0.05, 0) is 37.1 Å². The first kappa shape index (κ1) is 20.8. The van der Waals surface area contributed by atoms with Gasteiger partial charge in [0.15, 0.2) is 0 Å². The maximum Gasteiger partial charge on any atom is 0.322 e. The molecule has 1 fully saturated rings. The Morgan fingerprint density at radius 3 is 2.57 bits per heavy atom. The molecule has 0 radical (unpaired) electrons. The van der Waals surface area contributed by atoms with Crippen LogP contribution >= 0.6 is 11.3 Å². The first-order valence-corrected chi connectivity index (χ1v) is 12.2. The highest BCUT2D eigenvalue weighted by Gasteiger charge is 2.28. The molecular formula is C21H24N4O3S2. The van der Waals surface area contributed by atoms with E-state index in [0.717, 1.165) is 34.5 Å². The van der Waals surface area contributed by atoms with E-state index in [1.165, 1.54) is 9.21 Å². The van der Waals surface area contributed by atoms with Crippen LogP contribution in [0.4, 0.5) is 10.5 Å². The lowest BCUT2D eigenvalue weighted by molar-refractivity contribution is 0.220. The van der Waals surface area contributed by atoms with Gasteiger partial charge in [-0.3, -0.25) is 0 Å². The molecule has 158 valence electrons. The van der Waals surface area contributed by atoms with Gasteiger partial charge in [-0.1, -0.05) is 30.7 Å². The molecule has 3 aromatic rings. The van der Waals surface area contributed by atoms with Gasteiger partial charge in [-0.2, -0.15) is 4.31 Å². The predicted octanol–water partition coefficient (Wildman–Crippen LogP) is 4.13. The number of hydrogen-bond donors (Lipinski definition) is 1. The number of benzene rings is 2. The number of amides is 2. The number of thiazole rings is 1. The largest absolute Gasteiger partial charge is 0.322 e. The number of carbonyl (C=O) groups is 1. The van der Waals surface area contributed by atoms with Gasteiger partial charge in [0.2, 0.25) is 10.0 Å². The number of fused-ring (bicyclic) bond motifs is 1. The van der Waals surface area contributed by atoms with Gasteiger partial charge in [0.05, 0.1) is 22.4 Å². The number of para-hydroxylation sites is 2. The quantitative estimate of drug-likeness (QED) is 0.641. The number of rotatable bonds is 5.